The monoisotopic (exact) mass is 602 g/mol. The van der Waals surface area contributed by atoms with Crippen molar-refractivity contribution in [2.75, 3.05) is 0 Å². The van der Waals surface area contributed by atoms with Crippen molar-refractivity contribution in [3.8, 4) is 0 Å². The fourth-order valence-corrected chi connectivity index (χ4v) is 13.5. The van der Waals surface area contributed by atoms with Crippen LogP contribution in [-0.4, -0.2) is 38.1 Å². The molecule has 0 aromatic heterocycles. The van der Waals surface area contributed by atoms with Gasteiger partial charge in [0.1, 0.15) is 0 Å². The van der Waals surface area contributed by atoms with Gasteiger partial charge in [0.25, 0.3) is 0 Å². The lowest BCUT2D eigenvalue weighted by Gasteiger charge is -2.73. The second-order valence-corrected chi connectivity index (χ2v) is 18.2. The van der Waals surface area contributed by atoms with E-state index in [2.05, 4.69) is 55.4 Å². The van der Waals surface area contributed by atoms with Gasteiger partial charge >= 0.3 is 0 Å². The van der Waals surface area contributed by atoms with Gasteiger partial charge in [0.05, 0.1) is 12.2 Å². The van der Waals surface area contributed by atoms with Gasteiger partial charge in [0.15, 0.2) is 0 Å². The molecule has 5 aliphatic rings. The first-order valence-corrected chi connectivity index (χ1v) is 18.0. The van der Waals surface area contributed by atoms with Crippen molar-refractivity contribution < 1.29 is 34.3 Å². The summed E-state index contributed by atoms with van der Waals surface area (Å²) in [5.74, 6) is 2.17. The molecule has 0 saturated heterocycles. The van der Waals surface area contributed by atoms with Crippen molar-refractivity contribution in [3.63, 3.8) is 0 Å². The zero-order valence-corrected chi connectivity index (χ0v) is 27.2. The second-order valence-electron chi connectivity index (χ2n) is 16.2. The van der Waals surface area contributed by atoms with Gasteiger partial charge in [-0.05, 0) is 120 Å². The molecule has 5 saturated carbocycles. The van der Waals surface area contributed by atoms with Gasteiger partial charge in [-0.25, -0.2) is 16.8 Å². The Morgan fingerprint density at radius 1 is 0.675 bits per heavy atom. The second kappa shape index (κ2) is 9.37. The Hall–Kier alpha value is -0.260. The van der Waals surface area contributed by atoms with E-state index in [4.69, 9.17) is 8.37 Å². The molecule has 0 spiro atoms. The molecule has 232 valence electrons. The van der Waals surface area contributed by atoms with E-state index in [1.165, 1.54) is 0 Å². The average molecular weight is 603 g/mol. The van der Waals surface area contributed by atoms with Gasteiger partial charge in [-0.2, -0.15) is 0 Å². The summed E-state index contributed by atoms with van der Waals surface area (Å²) in [6.45, 7) is 18.0. The van der Waals surface area contributed by atoms with Crippen LogP contribution in [0.2, 0.25) is 0 Å². The highest BCUT2D eigenvalue weighted by Gasteiger charge is 2.72. The van der Waals surface area contributed by atoms with E-state index >= 15 is 0 Å². The Morgan fingerprint density at radius 2 is 1.25 bits per heavy atom. The van der Waals surface area contributed by atoms with Crippen LogP contribution in [0.25, 0.3) is 0 Å². The van der Waals surface area contributed by atoms with Crippen molar-refractivity contribution in [3.05, 3.63) is 0 Å². The highest BCUT2D eigenvalue weighted by Crippen LogP contribution is 2.77. The Balaban J connectivity index is 1.56. The van der Waals surface area contributed by atoms with Crippen LogP contribution in [0.1, 0.15) is 113 Å². The first kappa shape index (κ1) is 31.2. The minimum Gasteiger partial charge on any atom is -0.726 e. The van der Waals surface area contributed by atoms with Crippen LogP contribution in [0.15, 0.2) is 0 Å². The van der Waals surface area contributed by atoms with Gasteiger partial charge in [-0.1, -0.05) is 55.4 Å². The van der Waals surface area contributed by atoms with E-state index in [-0.39, 0.29) is 27.6 Å². The maximum Gasteiger partial charge on any atom is 0.217 e. The molecule has 8 nitrogen and oxygen atoms in total. The molecule has 0 heterocycles. The first-order valence-electron chi connectivity index (χ1n) is 15.4. The maximum atomic E-state index is 12.1. The smallest absolute Gasteiger partial charge is 0.217 e. The summed E-state index contributed by atoms with van der Waals surface area (Å²) in [4.78, 5) is 0. The first-order chi connectivity index (χ1) is 18.1. The molecule has 0 bridgehead atoms. The Morgan fingerprint density at radius 3 is 1.82 bits per heavy atom. The molecule has 11 atom stereocenters. The largest absolute Gasteiger partial charge is 0.726 e. The minimum atomic E-state index is -4.86. The molecule has 0 unspecified atom stereocenters. The highest BCUT2D eigenvalue weighted by atomic mass is 32.3. The maximum absolute atomic E-state index is 12.1. The van der Waals surface area contributed by atoms with Crippen molar-refractivity contribution in [2.24, 2.45) is 62.6 Å². The van der Waals surface area contributed by atoms with E-state index < -0.39 is 38.4 Å². The highest BCUT2D eigenvalue weighted by molar-refractivity contribution is 7.81. The van der Waals surface area contributed by atoms with Crippen molar-refractivity contribution in [1.82, 2.24) is 0 Å². The molecule has 10 heteroatoms. The van der Waals surface area contributed by atoms with Crippen LogP contribution in [0, 0.1) is 62.6 Å². The zero-order valence-electron chi connectivity index (χ0n) is 25.6. The van der Waals surface area contributed by atoms with Gasteiger partial charge in [0.2, 0.25) is 20.8 Å². The zero-order chi connectivity index (χ0) is 29.9. The number of hydrogen-bond acceptors (Lipinski definition) is 8. The van der Waals surface area contributed by atoms with Crippen LogP contribution in [-0.2, 0) is 29.2 Å². The number of fused-ring (bicyclic) bond motifs is 7. The van der Waals surface area contributed by atoms with Crippen LogP contribution < -0.4 is 0 Å². The van der Waals surface area contributed by atoms with E-state index in [0.29, 0.717) is 42.4 Å². The van der Waals surface area contributed by atoms with Crippen LogP contribution in [0.4, 0.5) is 0 Å². The summed E-state index contributed by atoms with van der Waals surface area (Å²) >= 11 is 0. The summed E-state index contributed by atoms with van der Waals surface area (Å²) < 4.78 is 81.5. The molecule has 5 aliphatic carbocycles. The van der Waals surface area contributed by atoms with Crippen LogP contribution in [0.3, 0.4) is 0 Å². The molecule has 0 aliphatic heterocycles. The van der Waals surface area contributed by atoms with Crippen LogP contribution in [0.5, 0.6) is 0 Å². The summed E-state index contributed by atoms with van der Waals surface area (Å²) in [6.07, 6.45) is 6.47. The van der Waals surface area contributed by atoms with Crippen molar-refractivity contribution in [1.29, 1.82) is 0 Å². The van der Waals surface area contributed by atoms with Crippen LogP contribution >= 0.6 is 0 Å². The molecular formula is C30H50O8S2-2. The van der Waals surface area contributed by atoms with Gasteiger partial charge < -0.3 is 9.11 Å². The average Bonchev–Trinajstić information content (AvgIpc) is 3.14. The molecule has 0 radical (unpaired) electrons. The molecule has 0 N–H and O–H groups in total. The summed E-state index contributed by atoms with van der Waals surface area (Å²) in [7, 11) is -9.66. The van der Waals surface area contributed by atoms with E-state index in [1.807, 2.05) is 0 Å². The summed E-state index contributed by atoms with van der Waals surface area (Å²) in [6, 6.07) is 0. The molecule has 5 rings (SSSR count). The number of rotatable bonds is 5. The van der Waals surface area contributed by atoms with Crippen molar-refractivity contribution >= 4 is 20.8 Å². The number of hydrogen-bond donors (Lipinski definition) is 0. The lowest BCUT2D eigenvalue weighted by Crippen LogP contribution is -2.68. The molecule has 0 aromatic carbocycles. The normalized spacial score (nSPS) is 50.5. The summed E-state index contributed by atoms with van der Waals surface area (Å²) in [5.41, 5.74) is -1.22. The topological polar surface area (TPSA) is 133 Å². The third kappa shape index (κ3) is 4.47. The van der Waals surface area contributed by atoms with Gasteiger partial charge in [-0.15, -0.1) is 0 Å². The van der Waals surface area contributed by atoms with Gasteiger partial charge in [0, 0.05) is 0 Å². The lowest BCUT2D eigenvalue weighted by atomic mass is 9.32. The van der Waals surface area contributed by atoms with E-state index in [0.717, 1.165) is 44.9 Å². The predicted octanol–water partition coefficient (Wildman–Crippen LogP) is 6.04. The third-order valence-corrected chi connectivity index (χ3v) is 15.2. The third-order valence-electron chi connectivity index (χ3n) is 14.2. The Kier molecular flexibility index (Phi) is 7.30. The van der Waals surface area contributed by atoms with Crippen molar-refractivity contribution in [2.45, 2.75) is 125 Å². The molecule has 0 aromatic rings. The fraction of sp³-hybridized carbons (Fsp3) is 1.00. The summed E-state index contributed by atoms with van der Waals surface area (Å²) in [5, 5.41) is 0. The molecular weight excluding hydrogens is 552 g/mol. The quantitative estimate of drug-likeness (QED) is 0.275. The Labute approximate surface area is 242 Å². The van der Waals surface area contributed by atoms with E-state index in [1.54, 1.807) is 0 Å². The minimum absolute atomic E-state index is 0.0776. The molecule has 5 fully saturated rings. The molecule has 40 heavy (non-hydrogen) atoms. The standard InChI is InChI=1S/C30H52O8S2/c1-18(2)19-11-14-28(6)24(38-40(34,35)36)17-30(8)20(25(19)28)9-10-22-27(5)15-13-23(37-39(31,32)33)26(3,4)21(27)12-16-29(22,30)7/h18-25H,9-17H2,1-8H3,(H,31,32,33)(H,34,35,36)/p-2/t19-,20+,21-,22+,23-,24-,25+,27-,28+,29+,30+/m0/s1. The molecule has 0 amide bonds. The lowest BCUT2D eigenvalue weighted by molar-refractivity contribution is -0.259. The fourth-order valence-electron chi connectivity index (χ4n) is 12.3. The van der Waals surface area contributed by atoms with E-state index in [9.17, 15) is 25.9 Å². The predicted molar refractivity (Wildman–Crippen MR) is 149 cm³/mol. The Bertz CT molecular complexity index is 1230. The van der Waals surface area contributed by atoms with Gasteiger partial charge in [-0.3, -0.25) is 8.37 Å². The SMILES string of the molecule is CC(C)[C@@H]1CC[C@@]2(C)[C@H]1[C@H]1CC[C@@H]3[C@@]4(C)CC[C@H](OS(=O)(=O)[O-])C(C)(C)[C@@H]4CC[C@@]3(C)[C@]1(C)C[C@@H]2OS(=O)(=O)[O-].